The lowest BCUT2D eigenvalue weighted by Crippen LogP contribution is -2.17. The van der Waals surface area contributed by atoms with Crippen molar-refractivity contribution in [2.45, 2.75) is 44.4 Å². The number of halogens is 1. The zero-order chi connectivity index (χ0) is 20.4. The van der Waals surface area contributed by atoms with E-state index in [1.54, 1.807) is 6.07 Å². The molecule has 1 N–H and O–H groups in total. The summed E-state index contributed by atoms with van der Waals surface area (Å²) in [4.78, 5) is 13.0. The fourth-order valence-electron chi connectivity index (χ4n) is 4.16. The highest BCUT2D eigenvalue weighted by atomic mass is 79.9. The van der Waals surface area contributed by atoms with E-state index >= 15 is 0 Å². The first-order valence-electron chi connectivity index (χ1n) is 10.2. The standard InChI is InChI=1S/C25H25BrO3/c1-2-17(13-16-7-6-10-20(26)14-16)22-15-21(27)24(25(28)29-22)23(19-11-12-19)18-8-4-3-5-9-18/h3-10,14-15,17,19,23,27H,2,11-13H2,1H3. The van der Waals surface area contributed by atoms with Crippen LogP contribution in [0.2, 0.25) is 0 Å². The van der Waals surface area contributed by atoms with Crippen molar-refractivity contribution in [2.24, 2.45) is 5.92 Å². The van der Waals surface area contributed by atoms with Gasteiger partial charge >= 0.3 is 5.63 Å². The summed E-state index contributed by atoms with van der Waals surface area (Å²) in [5, 5.41) is 10.9. The molecular formula is C25H25BrO3. The number of hydrogen-bond acceptors (Lipinski definition) is 3. The van der Waals surface area contributed by atoms with E-state index in [2.05, 4.69) is 35.0 Å². The zero-order valence-electron chi connectivity index (χ0n) is 16.5. The number of hydrogen-bond donors (Lipinski definition) is 1. The smallest absolute Gasteiger partial charge is 0.343 e. The third kappa shape index (κ3) is 4.48. The average Bonchev–Trinajstić information content (AvgIpc) is 3.54. The molecule has 0 aliphatic heterocycles. The van der Waals surface area contributed by atoms with Crippen LogP contribution in [0.5, 0.6) is 5.75 Å². The molecule has 0 amide bonds. The van der Waals surface area contributed by atoms with Gasteiger partial charge in [0.1, 0.15) is 11.5 Å². The number of aromatic hydroxyl groups is 1. The minimum Gasteiger partial charge on any atom is -0.507 e. The molecule has 0 radical (unpaired) electrons. The molecule has 1 heterocycles. The molecule has 0 spiro atoms. The Bertz CT molecular complexity index is 1040. The predicted octanol–water partition coefficient (Wildman–Crippen LogP) is 6.39. The molecule has 2 aromatic carbocycles. The molecule has 2 atom stereocenters. The second kappa shape index (κ2) is 8.58. The third-order valence-corrected chi connectivity index (χ3v) is 6.31. The van der Waals surface area contributed by atoms with Gasteiger partial charge in [0.15, 0.2) is 0 Å². The molecule has 0 saturated heterocycles. The van der Waals surface area contributed by atoms with E-state index in [1.807, 2.05) is 42.5 Å². The average molecular weight is 453 g/mol. The van der Waals surface area contributed by atoms with Crippen molar-refractivity contribution in [1.82, 2.24) is 0 Å². The highest BCUT2D eigenvalue weighted by Crippen LogP contribution is 2.47. The molecule has 29 heavy (non-hydrogen) atoms. The van der Waals surface area contributed by atoms with Crippen LogP contribution < -0.4 is 5.63 Å². The van der Waals surface area contributed by atoms with E-state index < -0.39 is 5.63 Å². The van der Waals surface area contributed by atoms with Gasteiger partial charge < -0.3 is 9.52 Å². The third-order valence-electron chi connectivity index (χ3n) is 5.81. The van der Waals surface area contributed by atoms with Crippen LogP contribution in [0, 0.1) is 5.92 Å². The Morgan fingerprint density at radius 1 is 1.10 bits per heavy atom. The van der Waals surface area contributed by atoms with Crippen molar-refractivity contribution in [3.8, 4) is 5.75 Å². The minimum absolute atomic E-state index is 0.0352. The lowest BCUT2D eigenvalue weighted by Gasteiger charge is -2.19. The van der Waals surface area contributed by atoms with Crippen molar-refractivity contribution < 1.29 is 9.52 Å². The van der Waals surface area contributed by atoms with Crippen molar-refractivity contribution >= 4 is 15.9 Å². The Balaban J connectivity index is 1.68. The highest BCUT2D eigenvalue weighted by molar-refractivity contribution is 9.10. The maximum absolute atomic E-state index is 13.0. The van der Waals surface area contributed by atoms with E-state index in [0.717, 1.165) is 41.3 Å². The van der Waals surface area contributed by atoms with Gasteiger partial charge in [0, 0.05) is 22.4 Å². The molecule has 4 rings (SSSR count). The molecule has 1 saturated carbocycles. The van der Waals surface area contributed by atoms with Crippen LogP contribution >= 0.6 is 15.9 Å². The van der Waals surface area contributed by atoms with Crippen LogP contribution in [0.1, 0.15) is 60.5 Å². The summed E-state index contributed by atoms with van der Waals surface area (Å²) in [6.45, 7) is 2.07. The molecule has 4 heteroatoms. The molecule has 3 nitrogen and oxygen atoms in total. The van der Waals surface area contributed by atoms with Gasteiger partial charge in [-0.15, -0.1) is 0 Å². The lowest BCUT2D eigenvalue weighted by molar-refractivity contribution is 0.379. The largest absolute Gasteiger partial charge is 0.507 e. The SMILES string of the molecule is CCC(Cc1cccc(Br)c1)c1cc(O)c(C(c2ccccc2)C2CC2)c(=O)o1. The van der Waals surface area contributed by atoms with Crippen LogP contribution in [-0.4, -0.2) is 5.11 Å². The van der Waals surface area contributed by atoms with E-state index in [-0.39, 0.29) is 17.6 Å². The summed E-state index contributed by atoms with van der Waals surface area (Å²) in [5.74, 6) is 0.937. The van der Waals surface area contributed by atoms with E-state index in [1.165, 1.54) is 0 Å². The second-order valence-electron chi connectivity index (χ2n) is 7.90. The van der Waals surface area contributed by atoms with Crippen molar-refractivity contribution in [3.05, 3.63) is 98.0 Å². The van der Waals surface area contributed by atoms with Gasteiger partial charge in [-0.1, -0.05) is 65.3 Å². The van der Waals surface area contributed by atoms with Crippen LogP contribution in [-0.2, 0) is 6.42 Å². The molecule has 1 aliphatic carbocycles. The summed E-state index contributed by atoms with van der Waals surface area (Å²) < 4.78 is 6.83. The van der Waals surface area contributed by atoms with Gasteiger partial charge in [0.2, 0.25) is 0 Å². The Kier molecular flexibility index (Phi) is 5.91. The van der Waals surface area contributed by atoms with E-state index in [0.29, 0.717) is 17.2 Å². The maximum atomic E-state index is 13.0. The summed E-state index contributed by atoms with van der Waals surface area (Å²) >= 11 is 3.51. The predicted molar refractivity (Wildman–Crippen MR) is 119 cm³/mol. The first kappa shape index (κ1) is 20.0. The molecule has 3 aromatic rings. The fourth-order valence-corrected chi connectivity index (χ4v) is 4.60. The van der Waals surface area contributed by atoms with Crippen molar-refractivity contribution in [2.75, 3.05) is 0 Å². The topological polar surface area (TPSA) is 50.4 Å². The van der Waals surface area contributed by atoms with Gasteiger partial charge in [-0.05, 0) is 54.9 Å². The van der Waals surface area contributed by atoms with E-state index in [4.69, 9.17) is 4.42 Å². The van der Waals surface area contributed by atoms with E-state index in [9.17, 15) is 9.90 Å². The fraction of sp³-hybridized carbons (Fsp3) is 0.320. The van der Waals surface area contributed by atoms with Gasteiger partial charge in [0.05, 0.1) is 5.56 Å². The molecule has 1 aromatic heterocycles. The van der Waals surface area contributed by atoms with Crippen LogP contribution in [0.4, 0.5) is 0 Å². The minimum atomic E-state index is -0.409. The van der Waals surface area contributed by atoms with Gasteiger partial charge in [-0.2, -0.15) is 0 Å². The Hall–Kier alpha value is -2.33. The van der Waals surface area contributed by atoms with Crippen LogP contribution in [0.25, 0.3) is 0 Å². The Morgan fingerprint density at radius 3 is 2.48 bits per heavy atom. The molecular weight excluding hydrogens is 428 g/mol. The molecule has 1 fully saturated rings. The summed E-state index contributed by atoms with van der Waals surface area (Å²) in [5.41, 5.74) is 2.22. The highest BCUT2D eigenvalue weighted by Gasteiger charge is 2.37. The Labute approximate surface area is 179 Å². The molecule has 1 aliphatic rings. The first-order chi connectivity index (χ1) is 14.1. The molecule has 150 valence electrons. The van der Waals surface area contributed by atoms with Crippen LogP contribution in [0.15, 0.2) is 74.3 Å². The Morgan fingerprint density at radius 2 is 1.86 bits per heavy atom. The number of rotatable bonds is 7. The number of benzene rings is 2. The quantitative estimate of drug-likeness (QED) is 0.451. The summed E-state index contributed by atoms with van der Waals surface area (Å²) in [6, 6.07) is 19.8. The van der Waals surface area contributed by atoms with Crippen molar-refractivity contribution in [3.63, 3.8) is 0 Å². The maximum Gasteiger partial charge on any atom is 0.343 e. The second-order valence-corrected chi connectivity index (χ2v) is 8.82. The van der Waals surface area contributed by atoms with Gasteiger partial charge in [0.25, 0.3) is 0 Å². The summed E-state index contributed by atoms with van der Waals surface area (Å²) in [6.07, 6.45) is 3.71. The molecule has 0 bridgehead atoms. The normalized spacial score (nSPS) is 15.8. The van der Waals surface area contributed by atoms with Gasteiger partial charge in [-0.3, -0.25) is 0 Å². The van der Waals surface area contributed by atoms with Crippen molar-refractivity contribution in [1.29, 1.82) is 0 Å². The summed E-state index contributed by atoms with van der Waals surface area (Å²) in [7, 11) is 0. The zero-order valence-corrected chi connectivity index (χ0v) is 18.1. The van der Waals surface area contributed by atoms with Gasteiger partial charge in [-0.25, -0.2) is 4.79 Å². The lowest BCUT2D eigenvalue weighted by atomic mass is 9.87. The monoisotopic (exact) mass is 452 g/mol. The molecule has 2 unspecified atom stereocenters. The first-order valence-corrected chi connectivity index (χ1v) is 11.0. The van der Waals surface area contributed by atoms with Crippen LogP contribution in [0.3, 0.4) is 0 Å².